The molecule has 17 heavy (non-hydrogen) atoms. The standard InChI is InChI=1S/C11H23N3O3/c1-10(2,3)17-9(16)13-14(7)8(15)11(4,5)12-6/h12H,1-7H3,(H,13,16)/p-1. The van der Waals surface area contributed by atoms with Gasteiger partial charge in [-0.3, -0.25) is 4.79 Å². The Balaban J connectivity index is 4.69. The monoisotopic (exact) mass is 244 g/mol. The van der Waals surface area contributed by atoms with Crippen LogP contribution in [0, 0.1) is 0 Å². The minimum absolute atomic E-state index is 0.314. The Hall–Kier alpha value is -1.30. The van der Waals surface area contributed by atoms with Gasteiger partial charge in [-0.1, -0.05) is 20.8 Å². The summed E-state index contributed by atoms with van der Waals surface area (Å²) in [6.07, 6.45) is -0.778. The highest BCUT2D eigenvalue weighted by molar-refractivity contribution is 5.85. The summed E-state index contributed by atoms with van der Waals surface area (Å²) < 4.78 is 4.98. The molecular weight excluding hydrogens is 222 g/mol. The van der Waals surface area contributed by atoms with Crippen molar-refractivity contribution in [2.24, 2.45) is 5.10 Å². The van der Waals surface area contributed by atoms with Gasteiger partial charge < -0.3 is 15.2 Å². The van der Waals surface area contributed by atoms with Crippen molar-refractivity contribution in [3.8, 4) is 0 Å². The van der Waals surface area contributed by atoms with Crippen LogP contribution in [0.15, 0.2) is 5.10 Å². The molecule has 0 heterocycles. The molecule has 6 nitrogen and oxygen atoms in total. The molecule has 0 spiro atoms. The van der Waals surface area contributed by atoms with Gasteiger partial charge in [0, 0.05) is 12.6 Å². The summed E-state index contributed by atoms with van der Waals surface area (Å²) in [7, 11) is 3.09. The Morgan fingerprint density at radius 3 is 2.12 bits per heavy atom. The number of carbonyl (C=O) groups excluding carboxylic acids is 1. The zero-order valence-corrected chi connectivity index (χ0v) is 11.6. The summed E-state index contributed by atoms with van der Waals surface area (Å²) in [6.45, 7) is 8.62. The van der Waals surface area contributed by atoms with Gasteiger partial charge in [-0.15, -0.1) is 0 Å². The first kappa shape index (κ1) is 15.7. The highest BCUT2D eigenvalue weighted by atomic mass is 16.6. The van der Waals surface area contributed by atoms with Crippen molar-refractivity contribution in [1.29, 1.82) is 0 Å². The third kappa shape index (κ3) is 5.53. The van der Waals surface area contributed by atoms with Crippen molar-refractivity contribution in [1.82, 2.24) is 10.3 Å². The number of rotatable bonds is 3. The molecule has 0 aliphatic rings. The van der Waals surface area contributed by atoms with Gasteiger partial charge in [0.1, 0.15) is 0 Å². The molecule has 0 saturated carbocycles. The average molecular weight is 244 g/mol. The molecule has 1 N–H and O–H groups in total. The lowest BCUT2D eigenvalue weighted by molar-refractivity contribution is -0.262. The minimum atomic E-state index is -0.778. The van der Waals surface area contributed by atoms with Crippen molar-refractivity contribution in [3.05, 3.63) is 0 Å². The first-order valence-electron chi connectivity index (χ1n) is 5.41. The summed E-state index contributed by atoms with van der Waals surface area (Å²) in [4.78, 5) is 11.9. The summed E-state index contributed by atoms with van der Waals surface area (Å²) >= 11 is 0. The maximum atomic E-state index is 11.9. The van der Waals surface area contributed by atoms with E-state index >= 15 is 0 Å². The van der Waals surface area contributed by atoms with Crippen LogP contribution in [-0.4, -0.2) is 42.2 Å². The lowest BCUT2D eigenvalue weighted by atomic mass is 10.1. The Labute approximate surface area is 103 Å². The molecule has 0 aromatic carbocycles. The Kier molecular flexibility index (Phi) is 4.94. The highest BCUT2D eigenvalue weighted by Gasteiger charge is 2.28. The SMILES string of the molecule is CNC(C)(C)C(=O)N(C)/N=C(\[O-])OC(C)(C)C. The summed E-state index contributed by atoms with van der Waals surface area (Å²) in [5.74, 6) is -0.314. The van der Waals surface area contributed by atoms with Crippen molar-refractivity contribution in [2.75, 3.05) is 14.1 Å². The van der Waals surface area contributed by atoms with E-state index in [1.807, 2.05) is 0 Å². The molecule has 0 saturated heterocycles. The summed E-state index contributed by atoms with van der Waals surface area (Å²) in [5, 5.41) is 18.8. The number of hydrazone groups is 1. The zero-order chi connectivity index (χ0) is 13.9. The van der Waals surface area contributed by atoms with Gasteiger partial charge in [-0.2, -0.15) is 5.10 Å². The minimum Gasteiger partial charge on any atom is -0.593 e. The molecule has 0 aromatic heterocycles. The van der Waals surface area contributed by atoms with Crippen LogP contribution in [0.25, 0.3) is 0 Å². The van der Waals surface area contributed by atoms with E-state index < -0.39 is 17.2 Å². The third-order valence-corrected chi connectivity index (χ3v) is 2.08. The van der Waals surface area contributed by atoms with Gasteiger partial charge in [-0.25, -0.2) is 5.01 Å². The molecule has 0 fully saturated rings. The van der Waals surface area contributed by atoms with Crippen molar-refractivity contribution < 1.29 is 14.6 Å². The second-order valence-corrected chi connectivity index (χ2v) is 5.28. The second kappa shape index (κ2) is 5.35. The van der Waals surface area contributed by atoms with Crippen LogP contribution in [0.4, 0.5) is 0 Å². The molecule has 0 radical (unpaired) electrons. The molecule has 1 amide bonds. The lowest BCUT2D eigenvalue weighted by Gasteiger charge is -2.31. The van der Waals surface area contributed by atoms with E-state index in [4.69, 9.17) is 4.74 Å². The van der Waals surface area contributed by atoms with Crippen LogP contribution < -0.4 is 10.4 Å². The van der Waals surface area contributed by atoms with Gasteiger partial charge in [-0.05, 0) is 20.9 Å². The van der Waals surface area contributed by atoms with Crippen molar-refractivity contribution in [2.45, 2.75) is 45.8 Å². The smallest absolute Gasteiger partial charge is 0.262 e. The summed E-state index contributed by atoms with van der Waals surface area (Å²) in [6, 6.07) is 0. The molecule has 0 atom stereocenters. The molecule has 0 bridgehead atoms. The Bertz CT molecular complexity index is 306. The number of amides is 1. The maximum Gasteiger partial charge on any atom is 0.262 e. The molecule has 0 aromatic rings. The van der Waals surface area contributed by atoms with Gasteiger partial charge in [0.25, 0.3) is 5.91 Å². The molecule has 6 heteroatoms. The van der Waals surface area contributed by atoms with E-state index in [-0.39, 0.29) is 5.91 Å². The average Bonchev–Trinajstić information content (AvgIpc) is 2.13. The summed E-state index contributed by atoms with van der Waals surface area (Å²) in [5.41, 5.74) is -1.40. The van der Waals surface area contributed by atoms with E-state index in [0.717, 1.165) is 5.01 Å². The van der Waals surface area contributed by atoms with Crippen LogP contribution in [0.5, 0.6) is 0 Å². The molecule has 100 valence electrons. The fourth-order valence-corrected chi connectivity index (χ4v) is 0.962. The largest absolute Gasteiger partial charge is 0.593 e. The van der Waals surface area contributed by atoms with Gasteiger partial charge in [0.2, 0.25) is 0 Å². The van der Waals surface area contributed by atoms with E-state index in [1.165, 1.54) is 7.05 Å². The van der Waals surface area contributed by atoms with Crippen molar-refractivity contribution >= 4 is 12.0 Å². The zero-order valence-electron chi connectivity index (χ0n) is 11.6. The molecule has 0 aliphatic heterocycles. The lowest BCUT2D eigenvalue weighted by Crippen LogP contribution is -2.50. The first-order valence-corrected chi connectivity index (χ1v) is 5.41. The molecular formula is C11H22N3O3-. The molecule has 0 unspecified atom stereocenters. The van der Waals surface area contributed by atoms with Crippen LogP contribution >= 0.6 is 0 Å². The normalized spacial score (nSPS) is 13.5. The van der Waals surface area contributed by atoms with Gasteiger partial charge in [0.15, 0.2) is 6.08 Å². The van der Waals surface area contributed by atoms with E-state index in [1.54, 1.807) is 41.7 Å². The number of nitrogens with one attached hydrogen (secondary N) is 1. The fraction of sp³-hybridized carbons (Fsp3) is 0.818. The Morgan fingerprint density at radius 2 is 1.76 bits per heavy atom. The third-order valence-electron chi connectivity index (χ3n) is 2.08. The van der Waals surface area contributed by atoms with Gasteiger partial charge in [0.05, 0.1) is 5.54 Å². The number of hydrogen-bond acceptors (Lipinski definition) is 5. The number of nitrogens with zero attached hydrogens (tertiary/aromatic N) is 2. The topological polar surface area (TPSA) is 77.0 Å². The second-order valence-electron chi connectivity index (χ2n) is 5.28. The predicted molar refractivity (Wildman–Crippen MR) is 64.2 cm³/mol. The maximum absolute atomic E-state index is 11.9. The van der Waals surface area contributed by atoms with Crippen LogP contribution in [0.1, 0.15) is 34.6 Å². The van der Waals surface area contributed by atoms with Crippen LogP contribution in [-0.2, 0) is 9.53 Å². The van der Waals surface area contributed by atoms with Crippen LogP contribution in [0.3, 0.4) is 0 Å². The van der Waals surface area contributed by atoms with Crippen molar-refractivity contribution in [3.63, 3.8) is 0 Å². The predicted octanol–water partition coefficient (Wildman–Crippen LogP) is -0.111. The van der Waals surface area contributed by atoms with E-state index in [9.17, 15) is 9.90 Å². The fourth-order valence-electron chi connectivity index (χ4n) is 0.962. The number of hydrogen-bond donors (Lipinski definition) is 1. The quantitative estimate of drug-likeness (QED) is 0.427. The van der Waals surface area contributed by atoms with E-state index in [2.05, 4.69) is 10.4 Å². The first-order chi connectivity index (χ1) is 7.49. The number of likely N-dealkylation sites (N-methyl/N-ethyl adjacent to an activating group) is 2. The highest BCUT2D eigenvalue weighted by Crippen LogP contribution is 2.08. The van der Waals surface area contributed by atoms with Crippen LogP contribution in [0.2, 0.25) is 0 Å². The van der Waals surface area contributed by atoms with E-state index in [0.29, 0.717) is 0 Å². The number of carbonyl (C=O) groups is 1. The number of ether oxygens (including phenoxy) is 1. The molecule has 0 rings (SSSR count). The Morgan fingerprint density at radius 1 is 1.29 bits per heavy atom. The van der Waals surface area contributed by atoms with Gasteiger partial charge >= 0.3 is 0 Å². The molecule has 0 aliphatic carbocycles.